The number of aromatic carboxylic acids is 1. The fourth-order valence-electron chi connectivity index (χ4n) is 2.04. The second-order valence-electron chi connectivity index (χ2n) is 5.00. The Morgan fingerprint density at radius 1 is 1.04 bits per heavy atom. The number of benzene rings is 2. The minimum absolute atomic E-state index is 0.0322. The normalized spacial score (nSPS) is 11.1. The van der Waals surface area contributed by atoms with E-state index in [9.17, 15) is 28.2 Å². The van der Waals surface area contributed by atoms with Crippen LogP contribution < -0.4 is 5.32 Å². The molecular formula is C15H13NO8S. The first kappa shape index (κ1) is 18.2. The molecule has 0 radical (unpaired) electrons. The van der Waals surface area contributed by atoms with E-state index in [4.69, 9.17) is 9.66 Å². The van der Waals surface area contributed by atoms with Crippen LogP contribution in [0.4, 0.5) is 0 Å². The lowest BCUT2D eigenvalue weighted by molar-refractivity contribution is 0.0696. The largest absolute Gasteiger partial charge is 0.507 e. The van der Waals surface area contributed by atoms with Crippen molar-refractivity contribution in [2.75, 3.05) is 0 Å². The van der Waals surface area contributed by atoms with Crippen LogP contribution >= 0.6 is 0 Å². The molecule has 0 aliphatic carbocycles. The van der Waals surface area contributed by atoms with Gasteiger partial charge >= 0.3 is 5.97 Å². The summed E-state index contributed by atoms with van der Waals surface area (Å²) in [5.74, 6) is -3.63. The third-order valence-corrected chi connectivity index (χ3v) is 4.11. The SMILES string of the molecule is O=C(O)c1cccc(CNC(=O)c2cc(O)c(S(=O)(=O)O)cc2O)c1. The average molecular weight is 367 g/mol. The number of hydrogen-bond donors (Lipinski definition) is 5. The molecule has 0 aromatic heterocycles. The van der Waals surface area contributed by atoms with E-state index >= 15 is 0 Å². The Balaban J connectivity index is 2.20. The molecule has 0 aliphatic heterocycles. The first-order chi connectivity index (χ1) is 11.6. The van der Waals surface area contributed by atoms with Gasteiger partial charge in [-0.3, -0.25) is 9.35 Å². The Morgan fingerprint density at radius 3 is 2.32 bits per heavy atom. The van der Waals surface area contributed by atoms with Crippen molar-refractivity contribution in [3.8, 4) is 11.5 Å². The summed E-state index contributed by atoms with van der Waals surface area (Å²) < 4.78 is 30.9. The van der Waals surface area contributed by atoms with Gasteiger partial charge in [0.1, 0.15) is 16.4 Å². The van der Waals surface area contributed by atoms with E-state index in [1.54, 1.807) is 6.07 Å². The smallest absolute Gasteiger partial charge is 0.335 e. The fraction of sp³-hybridized carbons (Fsp3) is 0.0667. The molecule has 2 aromatic rings. The van der Waals surface area contributed by atoms with Gasteiger partial charge in [-0.2, -0.15) is 8.42 Å². The summed E-state index contributed by atoms with van der Waals surface area (Å²) in [5, 5.41) is 30.6. The molecule has 2 aromatic carbocycles. The van der Waals surface area contributed by atoms with Crippen molar-refractivity contribution in [3.05, 3.63) is 53.1 Å². The lowest BCUT2D eigenvalue weighted by Crippen LogP contribution is -2.23. The Morgan fingerprint density at radius 2 is 1.72 bits per heavy atom. The maximum Gasteiger partial charge on any atom is 0.335 e. The quantitative estimate of drug-likeness (QED) is 0.386. The van der Waals surface area contributed by atoms with Crippen LogP contribution in [0.2, 0.25) is 0 Å². The second-order valence-corrected chi connectivity index (χ2v) is 6.39. The van der Waals surface area contributed by atoms with Crippen molar-refractivity contribution in [3.63, 3.8) is 0 Å². The predicted molar refractivity (Wildman–Crippen MR) is 84.2 cm³/mol. The first-order valence-electron chi connectivity index (χ1n) is 6.73. The molecule has 0 spiro atoms. The number of aromatic hydroxyl groups is 2. The van der Waals surface area contributed by atoms with E-state index in [2.05, 4.69) is 5.32 Å². The van der Waals surface area contributed by atoms with Gasteiger partial charge < -0.3 is 20.6 Å². The van der Waals surface area contributed by atoms with Crippen molar-refractivity contribution in [2.24, 2.45) is 0 Å². The van der Waals surface area contributed by atoms with Crippen LogP contribution in [0.15, 0.2) is 41.3 Å². The van der Waals surface area contributed by atoms with E-state index < -0.39 is 44.0 Å². The van der Waals surface area contributed by atoms with Crippen LogP contribution in [-0.4, -0.2) is 40.2 Å². The van der Waals surface area contributed by atoms with Gasteiger partial charge in [0.2, 0.25) is 0 Å². The van der Waals surface area contributed by atoms with Crippen molar-refractivity contribution >= 4 is 22.0 Å². The van der Waals surface area contributed by atoms with Gasteiger partial charge in [-0.05, 0) is 23.8 Å². The molecule has 0 bridgehead atoms. The van der Waals surface area contributed by atoms with Gasteiger partial charge in [-0.15, -0.1) is 0 Å². The Bertz CT molecular complexity index is 952. The molecule has 1 amide bonds. The second kappa shape index (κ2) is 6.79. The Labute approximate surface area is 141 Å². The number of phenols is 2. The minimum Gasteiger partial charge on any atom is -0.507 e. The summed E-state index contributed by atoms with van der Waals surface area (Å²) >= 11 is 0. The molecule has 5 N–H and O–H groups in total. The highest BCUT2D eigenvalue weighted by Gasteiger charge is 2.21. The summed E-state index contributed by atoms with van der Waals surface area (Å²) in [6.45, 7) is -0.0692. The van der Waals surface area contributed by atoms with Crippen LogP contribution in [0.3, 0.4) is 0 Å². The van der Waals surface area contributed by atoms with Crippen LogP contribution in [0.1, 0.15) is 26.3 Å². The minimum atomic E-state index is -4.76. The number of amides is 1. The van der Waals surface area contributed by atoms with E-state index in [1.807, 2.05) is 0 Å². The zero-order valence-electron chi connectivity index (χ0n) is 12.5. The zero-order chi connectivity index (χ0) is 18.8. The number of carbonyl (C=O) groups excluding carboxylic acids is 1. The number of rotatable bonds is 5. The number of carboxylic acid groups (broad SMARTS) is 1. The Hall–Kier alpha value is -3.11. The van der Waals surface area contributed by atoms with Crippen molar-refractivity contribution in [1.29, 1.82) is 0 Å². The number of hydrogen-bond acceptors (Lipinski definition) is 6. The highest BCUT2D eigenvalue weighted by molar-refractivity contribution is 7.86. The molecule has 10 heteroatoms. The number of carboxylic acids is 1. The Kier molecular flexibility index (Phi) is 4.95. The molecule has 9 nitrogen and oxygen atoms in total. The molecule has 132 valence electrons. The molecule has 0 saturated heterocycles. The van der Waals surface area contributed by atoms with Gasteiger partial charge in [-0.25, -0.2) is 4.79 Å². The molecule has 25 heavy (non-hydrogen) atoms. The van der Waals surface area contributed by atoms with E-state index in [0.29, 0.717) is 17.7 Å². The predicted octanol–water partition coefficient (Wildman–Crippen LogP) is 0.973. The van der Waals surface area contributed by atoms with Crippen LogP contribution in [-0.2, 0) is 16.7 Å². The monoisotopic (exact) mass is 367 g/mol. The van der Waals surface area contributed by atoms with Crippen molar-refractivity contribution in [1.82, 2.24) is 5.32 Å². The van der Waals surface area contributed by atoms with Crippen LogP contribution in [0, 0.1) is 0 Å². The highest BCUT2D eigenvalue weighted by Crippen LogP contribution is 2.30. The summed E-state index contributed by atoms with van der Waals surface area (Å²) in [6.07, 6.45) is 0. The molecule has 0 fully saturated rings. The van der Waals surface area contributed by atoms with Crippen molar-refractivity contribution < 1.29 is 37.9 Å². The van der Waals surface area contributed by atoms with Crippen LogP contribution in [0.5, 0.6) is 11.5 Å². The third kappa shape index (κ3) is 4.25. The van der Waals surface area contributed by atoms with Gasteiger partial charge in [0, 0.05) is 12.6 Å². The van der Waals surface area contributed by atoms with Gasteiger partial charge in [0.25, 0.3) is 16.0 Å². The summed E-state index contributed by atoms with van der Waals surface area (Å²) in [4.78, 5) is 22.0. The molecular weight excluding hydrogens is 354 g/mol. The molecule has 2 rings (SSSR count). The van der Waals surface area contributed by atoms with Gasteiger partial charge in [0.05, 0.1) is 11.1 Å². The topological polar surface area (TPSA) is 161 Å². The first-order valence-corrected chi connectivity index (χ1v) is 8.17. The standard InChI is InChI=1S/C15H13NO8S/c17-11-6-13(25(22,23)24)12(18)5-10(11)14(19)16-7-8-2-1-3-9(4-8)15(20)21/h1-6,17-18H,7H2,(H,16,19)(H,20,21)(H,22,23,24). The summed E-state index contributed by atoms with van der Waals surface area (Å²) in [6, 6.07) is 7.04. The average Bonchev–Trinajstić information content (AvgIpc) is 2.53. The lowest BCUT2D eigenvalue weighted by atomic mass is 10.1. The van der Waals surface area contributed by atoms with Gasteiger partial charge in [-0.1, -0.05) is 12.1 Å². The van der Waals surface area contributed by atoms with E-state index in [0.717, 1.165) is 0 Å². The number of phenolic OH excluding ortho intramolecular Hbond substituents is 2. The lowest BCUT2D eigenvalue weighted by Gasteiger charge is -2.10. The zero-order valence-corrected chi connectivity index (χ0v) is 13.3. The molecule has 0 heterocycles. The summed E-state index contributed by atoms with van der Waals surface area (Å²) in [5.41, 5.74) is 0.0931. The maximum atomic E-state index is 12.1. The molecule has 0 aliphatic rings. The van der Waals surface area contributed by atoms with Crippen molar-refractivity contribution in [2.45, 2.75) is 11.4 Å². The molecule has 0 unspecified atom stereocenters. The highest BCUT2D eigenvalue weighted by atomic mass is 32.2. The van der Waals surface area contributed by atoms with Crippen LogP contribution in [0.25, 0.3) is 0 Å². The molecule has 0 saturated carbocycles. The van der Waals surface area contributed by atoms with E-state index in [-0.39, 0.29) is 12.1 Å². The molecule has 0 atom stereocenters. The van der Waals surface area contributed by atoms with Gasteiger partial charge in [0.15, 0.2) is 0 Å². The van der Waals surface area contributed by atoms with E-state index in [1.165, 1.54) is 18.2 Å². The number of nitrogens with one attached hydrogen (secondary N) is 1. The fourth-order valence-corrected chi connectivity index (χ4v) is 2.62. The third-order valence-electron chi connectivity index (χ3n) is 3.23. The maximum absolute atomic E-state index is 12.1. The summed E-state index contributed by atoms with van der Waals surface area (Å²) in [7, 11) is -4.76. The number of carbonyl (C=O) groups is 2.